The van der Waals surface area contributed by atoms with Crippen LogP contribution < -0.4 is 0 Å². The van der Waals surface area contributed by atoms with E-state index in [0.717, 1.165) is 0 Å². The Morgan fingerprint density at radius 2 is 1.56 bits per heavy atom. The van der Waals surface area contributed by atoms with Crippen LogP contribution in [-0.2, 0) is 9.59 Å². The topological polar surface area (TPSA) is 118 Å². The highest BCUT2D eigenvalue weighted by Crippen LogP contribution is 2.07. The number of aliphatic hydroxyl groups excluding tert-OH is 2. The summed E-state index contributed by atoms with van der Waals surface area (Å²) in [6, 6.07) is -0.990. The maximum atomic E-state index is 10.9. The molecule has 0 amide bonds. The van der Waals surface area contributed by atoms with Crippen LogP contribution in [0.2, 0.25) is 0 Å². The summed E-state index contributed by atoms with van der Waals surface area (Å²) in [4.78, 5) is 22.6. The molecule has 16 heavy (non-hydrogen) atoms. The van der Waals surface area contributed by atoms with Crippen LogP contribution in [0.5, 0.6) is 0 Å². The van der Waals surface area contributed by atoms with Crippen molar-refractivity contribution in [3.8, 4) is 0 Å². The molecule has 0 saturated carbocycles. The summed E-state index contributed by atoms with van der Waals surface area (Å²) in [6.07, 6.45) is -0.311. The molecular formula is C9H17NO6. The molecule has 0 aromatic rings. The van der Waals surface area contributed by atoms with Crippen LogP contribution in [0.4, 0.5) is 0 Å². The minimum Gasteiger partial charge on any atom is -0.481 e. The molecule has 0 saturated heterocycles. The Morgan fingerprint density at radius 1 is 1.06 bits per heavy atom. The van der Waals surface area contributed by atoms with Crippen LogP contribution in [0.1, 0.15) is 12.8 Å². The highest BCUT2D eigenvalue weighted by Gasteiger charge is 2.25. The van der Waals surface area contributed by atoms with E-state index in [1.165, 1.54) is 4.90 Å². The van der Waals surface area contributed by atoms with Crippen molar-refractivity contribution in [2.45, 2.75) is 18.9 Å². The van der Waals surface area contributed by atoms with Gasteiger partial charge in [-0.1, -0.05) is 0 Å². The first-order valence-electron chi connectivity index (χ1n) is 4.93. The molecule has 0 spiro atoms. The molecule has 94 valence electrons. The summed E-state index contributed by atoms with van der Waals surface area (Å²) in [5, 5.41) is 34.9. The molecule has 0 aromatic heterocycles. The first kappa shape index (κ1) is 14.8. The second kappa shape index (κ2) is 8.03. The lowest BCUT2D eigenvalue weighted by molar-refractivity contribution is -0.144. The van der Waals surface area contributed by atoms with E-state index in [1.807, 2.05) is 0 Å². The van der Waals surface area contributed by atoms with Gasteiger partial charge >= 0.3 is 11.9 Å². The van der Waals surface area contributed by atoms with Gasteiger partial charge in [-0.15, -0.1) is 0 Å². The van der Waals surface area contributed by atoms with Gasteiger partial charge in [-0.05, 0) is 6.42 Å². The van der Waals surface area contributed by atoms with E-state index in [0.29, 0.717) is 0 Å². The summed E-state index contributed by atoms with van der Waals surface area (Å²) in [7, 11) is 0. The fourth-order valence-electron chi connectivity index (χ4n) is 1.40. The summed E-state index contributed by atoms with van der Waals surface area (Å²) in [5.41, 5.74) is 0. The van der Waals surface area contributed by atoms with Gasteiger partial charge in [-0.3, -0.25) is 14.5 Å². The van der Waals surface area contributed by atoms with Crippen molar-refractivity contribution >= 4 is 11.9 Å². The smallest absolute Gasteiger partial charge is 0.320 e. The summed E-state index contributed by atoms with van der Waals surface area (Å²) >= 11 is 0. The Hall–Kier alpha value is -1.18. The fraction of sp³-hybridized carbons (Fsp3) is 0.778. The Morgan fingerprint density at radius 3 is 1.88 bits per heavy atom. The van der Waals surface area contributed by atoms with Crippen molar-refractivity contribution in [3.63, 3.8) is 0 Å². The zero-order valence-corrected chi connectivity index (χ0v) is 8.87. The van der Waals surface area contributed by atoms with Crippen molar-refractivity contribution in [2.24, 2.45) is 0 Å². The Balaban J connectivity index is 4.43. The maximum Gasteiger partial charge on any atom is 0.320 e. The number of carbonyl (C=O) groups is 2. The van der Waals surface area contributed by atoms with E-state index in [4.69, 9.17) is 20.4 Å². The second-order valence-electron chi connectivity index (χ2n) is 3.27. The number of carboxylic acid groups (broad SMARTS) is 2. The van der Waals surface area contributed by atoms with Gasteiger partial charge in [0.05, 0.1) is 13.2 Å². The molecule has 0 aromatic carbocycles. The van der Waals surface area contributed by atoms with Gasteiger partial charge in [0.25, 0.3) is 0 Å². The third kappa shape index (κ3) is 5.64. The zero-order chi connectivity index (χ0) is 12.6. The van der Waals surface area contributed by atoms with Crippen molar-refractivity contribution in [1.82, 2.24) is 4.90 Å². The lowest BCUT2D eigenvalue weighted by Gasteiger charge is -2.26. The third-order valence-corrected chi connectivity index (χ3v) is 2.13. The lowest BCUT2D eigenvalue weighted by atomic mass is 10.1. The van der Waals surface area contributed by atoms with Crippen molar-refractivity contribution in [2.75, 3.05) is 26.3 Å². The lowest BCUT2D eigenvalue weighted by Crippen LogP contribution is -2.44. The largest absolute Gasteiger partial charge is 0.481 e. The van der Waals surface area contributed by atoms with Gasteiger partial charge in [0.2, 0.25) is 0 Å². The van der Waals surface area contributed by atoms with Gasteiger partial charge in [0, 0.05) is 19.5 Å². The molecule has 0 aliphatic heterocycles. The number of rotatable bonds is 9. The van der Waals surface area contributed by atoms with Crippen LogP contribution in [0.15, 0.2) is 0 Å². The molecule has 7 nitrogen and oxygen atoms in total. The number of carboxylic acids is 2. The Labute approximate surface area is 92.9 Å². The minimum absolute atomic E-state index is 0.0509. The predicted molar refractivity (Wildman–Crippen MR) is 54.0 cm³/mol. The average Bonchev–Trinajstić information content (AvgIpc) is 2.17. The van der Waals surface area contributed by atoms with Gasteiger partial charge in [0.1, 0.15) is 6.04 Å². The molecule has 0 fully saturated rings. The summed E-state index contributed by atoms with van der Waals surface area (Å²) in [6.45, 7) is -0.290. The van der Waals surface area contributed by atoms with Gasteiger partial charge in [-0.2, -0.15) is 0 Å². The quantitative estimate of drug-likeness (QED) is 0.387. The molecule has 0 aliphatic carbocycles. The normalized spacial score (nSPS) is 12.7. The fourth-order valence-corrected chi connectivity index (χ4v) is 1.40. The van der Waals surface area contributed by atoms with Gasteiger partial charge in [-0.25, -0.2) is 0 Å². The second-order valence-corrected chi connectivity index (χ2v) is 3.27. The molecule has 0 aliphatic rings. The number of nitrogens with zero attached hydrogens (tertiary/aromatic N) is 1. The number of hydrogen-bond acceptors (Lipinski definition) is 5. The van der Waals surface area contributed by atoms with E-state index in [2.05, 4.69) is 0 Å². The zero-order valence-electron chi connectivity index (χ0n) is 8.87. The minimum atomic E-state index is -1.15. The van der Waals surface area contributed by atoms with E-state index in [-0.39, 0.29) is 39.1 Å². The van der Waals surface area contributed by atoms with Gasteiger partial charge < -0.3 is 20.4 Å². The van der Waals surface area contributed by atoms with Gasteiger partial charge in [0.15, 0.2) is 0 Å². The van der Waals surface area contributed by atoms with Crippen LogP contribution in [-0.4, -0.2) is 69.6 Å². The first-order valence-corrected chi connectivity index (χ1v) is 4.93. The van der Waals surface area contributed by atoms with E-state index in [9.17, 15) is 9.59 Å². The molecule has 0 heterocycles. The third-order valence-electron chi connectivity index (χ3n) is 2.13. The van der Waals surface area contributed by atoms with Crippen LogP contribution in [0.3, 0.4) is 0 Å². The number of hydrogen-bond donors (Lipinski definition) is 4. The standard InChI is InChI=1S/C9H17NO6/c11-5-3-10(4-6-12)7(9(15)16)1-2-8(13)14/h7,11-12H,1-6H2,(H,13,14)(H,15,16)/t7-/m0/s1. The van der Waals surface area contributed by atoms with Crippen LogP contribution >= 0.6 is 0 Å². The van der Waals surface area contributed by atoms with E-state index < -0.39 is 18.0 Å². The highest BCUT2D eigenvalue weighted by molar-refractivity contribution is 5.75. The first-order chi connectivity index (χ1) is 7.52. The predicted octanol–water partition coefficient (Wildman–Crippen LogP) is -1.41. The SMILES string of the molecule is O=C(O)CC[C@@H](C(=O)O)N(CCO)CCO. The van der Waals surface area contributed by atoms with Crippen LogP contribution in [0.25, 0.3) is 0 Å². The average molecular weight is 235 g/mol. The monoisotopic (exact) mass is 235 g/mol. The highest BCUT2D eigenvalue weighted by atomic mass is 16.4. The molecule has 0 bridgehead atoms. The summed E-state index contributed by atoms with van der Waals surface area (Å²) < 4.78 is 0. The Kier molecular flexibility index (Phi) is 7.44. The molecule has 4 N–H and O–H groups in total. The number of aliphatic carboxylic acids is 2. The van der Waals surface area contributed by atoms with E-state index >= 15 is 0 Å². The molecule has 0 unspecified atom stereocenters. The molecule has 7 heteroatoms. The van der Waals surface area contributed by atoms with Crippen molar-refractivity contribution in [3.05, 3.63) is 0 Å². The van der Waals surface area contributed by atoms with E-state index in [1.54, 1.807) is 0 Å². The maximum absolute atomic E-state index is 10.9. The molecular weight excluding hydrogens is 218 g/mol. The summed E-state index contributed by atoms with van der Waals surface area (Å²) in [5.74, 6) is -2.22. The molecule has 0 rings (SSSR count). The number of aliphatic hydroxyl groups is 2. The molecule has 1 atom stereocenters. The van der Waals surface area contributed by atoms with Crippen LogP contribution in [0, 0.1) is 0 Å². The van der Waals surface area contributed by atoms with Crippen molar-refractivity contribution in [1.29, 1.82) is 0 Å². The van der Waals surface area contributed by atoms with Crippen molar-refractivity contribution < 1.29 is 30.0 Å². The Bertz CT molecular complexity index is 226. The molecule has 0 radical (unpaired) electrons.